The molecule has 0 aromatic heterocycles. The molecule has 0 spiro atoms. The molecule has 206 valence electrons. The van der Waals surface area contributed by atoms with E-state index in [0.29, 0.717) is 16.8 Å². The molecule has 2 heterocycles. The van der Waals surface area contributed by atoms with Crippen LogP contribution in [0, 0.1) is 6.92 Å². The molecule has 40 heavy (non-hydrogen) atoms. The van der Waals surface area contributed by atoms with E-state index in [1.165, 1.54) is 12.1 Å². The summed E-state index contributed by atoms with van der Waals surface area (Å²) in [5.41, 5.74) is 0.00979. The number of hydrogen-bond donors (Lipinski definition) is 0. The highest BCUT2D eigenvalue weighted by Gasteiger charge is 2.66. The van der Waals surface area contributed by atoms with E-state index >= 15 is 0 Å². The lowest BCUT2D eigenvalue weighted by molar-refractivity contribution is -0.158. The molecule has 9 heteroatoms. The number of rotatable bonds is 6. The van der Waals surface area contributed by atoms with Gasteiger partial charge in [0.05, 0.1) is 10.6 Å². The van der Waals surface area contributed by atoms with Crippen molar-refractivity contribution in [1.29, 1.82) is 0 Å². The molecule has 0 radical (unpaired) electrons. The standard InChI is InChI=1S/C31H31N3O5S/c1-20(2)32-30-33(21(3)4)27(23-12-8-6-9-13-23)26-28(35)29(36)39-31(26,24-14-10-7-11-15-24)34(30)40(37,38)25-18-16-22(5)17-19-25/h6-21H,1-5H3. The number of nitrogens with zero attached hydrogens (tertiary/aromatic N) is 3. The Hall–Kier alpha value is -4.24. The normalized spacial score (nSPS) is 20.5. The molecule has 0 amide bonds. The van der Waals surface area contributed by atoms with E-state index in [1.54, 1.807) is 47.4 Å². The van der Waals surface area contributed by atoms with Crippen molar-refractivity contribution in [3.05, 3.63) is 107 Å². The molecule has 8 nitrogen and oxygen atoms in total. The van der Waals surface area contributed by atoms with Crippen LogP contribution in [0.2, 0.25) is 0 Å². The predicted octanol–water partition coefficient (Wildman–Crippen LogP) is 4.86. The highest BCUT2D eigenvalue weighted by molar-refractivity contribution is 7.89. The Kier molecular flexibility index (Phi) is 6.87. The van der Waals surface area contributed by atoms with Crippen LogP contribution in [-0.4, -0.2) is 47.4 Å². The van der Waals surface area contributed by atoms with E-state index < -0.39 is 27.5 Å². The number of hydrogen-bond acceptors (Lipinski definition) is 6. The van der Waals surface area contributed by atoms with Crippen LogP contribution in [0.3, 0.4) is 0 Å². The third kappa shape index (κ3) is 4.21. The number of sulfonamides is 1. The summed E-state index contributed by atoms with van der Waals surface area (Å²) in [6.45, 7) is 9.30. The summed E-state index contributed by atoms with van der Waals surface area (Å²) in [7, 11) is -4.46. The lowest BCUT2D eigenvalue weighted by atomic mass is 9.87. The quantitative estimate of drug-likeness (QED) is 0.317. The van der Waals surface area contributed by atoms with Crippen LogP contribution in [0.15, 0.2) is 100 Å². The number of fused-ring (bicyclic) bond motifs is 1. The third-order valence-corrected chi connectivity index (χ3v) is 8.58. The minimum Gasteiger partial charge on any atom is -0.423 e. The van der Waals surface area contributed by atoms with Gasteiger partial charge in [-0.05, 0) is 52.3 Å². The van der Waals surface area contributed by atoms with Gasteiger partial charge in [-0.25, -0.2) is 18.2 Å². The van der Waals surface area contributed by atoms with E-state index in [0.717, 1.165) is 9.87 Å². The van der Waals surface area contributed by atoms with Crippen LogP contribution in [0.1, 0.15) is 44.4 Å². The second-order valence-corrected chi connectivity index (χ2v) is 12.2. The Balaban J connectivity index is 2.01. The number of Topliss-reactive ketones (excluding diaryl/α,β-unsaturated/α-hetero) is 1. The Morgan fingerprint density at radius 3 is 1.95 bits per heavy atom. The van der Waals surface area contributed by atoms with E-state index in [9.17, 15) is 18.0 Å². The van der Waals surface area contributed by atoms with Crippen molar-refractivity contribution >= 4 is 33.4 Å². The Morgan fingerprint density at radius 1 is 0.825 bits per heavy atom. The SMILES string of the molecule is Cc1ccc(S(=O)(=O)N2C(=NC(C)C)N(C(C)C)C(c3ccccc3)=C3C(=O)C(=O)OC32c2ccccc2)cc1. The molecule has 0 bridgehead atoms. The van der Waals surface area contributed by atoms with Gasteiger partial charge in [0.25, 0.3) is 21.5 Å². The summed E-state index contributed by atoms with van der Waals surface area (Å²) in [6, 6.07) is 23.3. The van der Waals surface area contributed by atoms with Gasteiger partial charge in [0.15, 0.2) is 0 Å². The summed E-state index contributed by atoms with van der Waals surface area (Å²) >= 11 is 0. The van der Waals surface area contributed by atoms with Gasteiger partial charge in [0, 0.05) is 17.6 Å². The molecule has 3 aromatic rings. The third-order valence-electron chi connectivity index (χ3n) is 6.81. The second-order valence-electron chi connectivity index (χ2n) is 10.4. The number of aliphatic imine (C=N–C) groups is 1. The largest absolute Gasteiger partial charge is 0.423 e. The number of ether oxygens (including phenoxy) is 1. The maximum absolute atomic E-state index is 14.7. The van der Waals surface area contributed by atoms with Crippen LogP contribution in [0.4, 0.5) is 0 Å². The molecule has 0 aliphatic carbocycles. The van der Waals surface area contributed by atoms with Gasteiger partial charge in [-0.3, -0.25) is 4.79 Å². The zero-order chi connectivity index (χ0) is 28.8. The van der Waals surface area contributed by atoms with Gasteiger partial charge >= 0.3 is 5.97 Å². The van der Waals surface area contributed by atoms with Crippen LogP contribution in [0.5, 0.6) is 0 Å². The molecule has 1 fully saturated rings. The van der Waals surface area contributed by atoms with Gasteiger partial charge in [-0.15, -0.1) is 0 Å². The summed E-state index contributed by atoms with van der Waals surface area (Å²) < 4.78 is 36.5. The van der Waals surface area contributed by atoms with Crippen molar-refractivity contribution in [3.8, 4) is 0 Å². The van der Waals surface area contributed by atoms with Gasteiger partial charge < -0.3 is 9.64 Å². The van der Waals surface area contributed by atoms with E-state index in [1.807, 2.05) is 65.0 Å². The molecule has 1 unspecified atom stereocenters. The smallest absolute Gasteiger partial charge is 0.382 e. The first-order chi connectivity index (χ1) is 19.0. The predicted molar refractivity (Wildman–Crippen MR) is 152 cm³/mol. The van der Waals surface area contributed by atoms with E-state index in [4.69, 9.17) is 9.73 Å². The fraction of sp³-hybridized carbons (Fsp3) is 0.258. The molecule has 3 aromatic carbocycles. The molecule has 5 rings (SSSR count). The molecule has 2 aliphatic rings. The lowest BCUT2D eigenvalue weighted by Crippen LogP contribution is -2.63. The first-order valence-electron chi connectivity index (χ1n) is 13.1. The summed E-state index contributed by atoms with van der Waals surface area (Å²) in [4.78, 5) is 33.6. The van der Waals surface area contributed by atoms with Gasteiger partial charge in [0.2, 0.25) is 5.96 Å². The monoisotopic (exact) mass is 557 g/mol. The summed E-state index contributed by atoms with van der Waals surface area (Å²) in [5.74, 6) is -1.98. The van der Waals surface area contributed by atoms with Crippen molar-refractivity contribution < 1.29 is 22.7 Å². The highest BCUT2D eigenvalue weighted by atomic mass is 32.2. The van der Waals surface area contributed by atoms with Gasteiger partial charge in [0.1, 0.15) is 5.57 Å². The maximum atomic E-state index is 14.7. The first-order valence-corrected chi connectivity index (χ1v) is 14.6. The zero-order valence-electron chi connectivity index (χ0n) is 23.0. The molecule has 2 aliphatic heterocycles. The number of ketones is 1. The molecule has 1 saturated heterocycles. The minimum absolute atomic E-state index is 0.0218. The molecule has 0 N–H and O–H groups in total. The fourth-order valence-electron chi connectivity index (χ4n) is 5.15. The van der Waals surface area contributed by atoms with Crippen molar-refractivity contribution in [1.82, 2.24) is 9.21 Å². The molecule has 1 atom stereocenters. The Labute approximate surface area is 234 Å². The van der Waals surface area contributed by atoms with Crippen LogP contribution >= 0.6 is 0 Å². The molecular weight excluding hydrogens is 526 g/mol. The van der Waals surface area contributed by atoms with Crippen molar-refractivity contribution in [2.75, 3.05) is 0 Å². The van der Waals surface area contributed by atoms with Crippen LogP contribution in [-0.2, 0) is 30.1 Å². The number of carbonyl (C=O) groups is 2. The Morgan fingerprint density at radius 2 is 1.40 bits per heavy atom. The topological polar surface area (TPSA) is 96.4 Å². The number of carbonyl (C=O) groups excluding carboxylic acids is 2. The lowest BCUT2D eigenvalue weighted by Gasteiger charge is -2.49. The maximum Gasteiger partial charge on any atom is 0.382 e. The Bertz CT molecular complexity index is 1630. The van der Waals surface area contributed by atoms with Crippen molar-refractivity contribution in [2.24, 2.45) is 4.99 Å². The number of aryl methyl sites for hydroxylation is 1. The van der Waals surface area contributed by atoms with Crippen LogP contribution in [0.25, 0.3) is 5.70 Å². The van der Waals surface area contributed by atoms with Crippen molar-refractivity contribution in [3.63, 3.8) is 0 Å². The summed E-state index contributed by atoms with van der Waals surface area (Å²) in [6.07, 6.45) is 0. The molecular formula is C31H31N3O5S. The number of guanidine groups is 1. The highest BCUT2D eigenvalue weighted by Crippen LogP contribution is 2.53. The average Bonchev–Trinajstić information content (AvgIpc) is 3.19. The van der Waals surface area contributed by atoms with Gasteiger partial charge in [-0.1, -0.05) is 78.4 Å². The summed E-state index contributed by atoms with van der Waals surface area (Å²) in [5, 5.41) is 0. The number of esters is 1. The van der Waals surface area contributed by atoms with Crippen LogP contribution < -0.4 is 0 Å². The second kappa shape index (κ2) is 10.1. The fourth-order valence-corrected chi connectivity index (χ4v) is 6.76. The number of benzene rings is 3. The molecule has 0 saturated carbocycles. The van der Waals surface area contributed by atoms with E-state index in [-0.39, 0.29) is 28.5 Å². The van der Waals surface area contributed by atoms with Gasteiger partial charge in [-0.2, -0.15) is 4.31 Å². The average molecular weight is 558 g/mol. The van der Waals surface area contributed by atoms with E-state index in [2.05, 4.69) is 0 Å². The minimum atomic E-state index is -4.46. The first kappa shape index (κ1) is 27.3. The zero-order valence-corrected chi connectivity index (χ0v) is 23.8. The van der Waals surface area contributed by atoms with Crippen molar-refractivity contribution in [2.45, 2.75) is 57.3 Å².